The molecular formula is C7H9N3O3. The normalized spacial score (nSPS) is 9.69. The lowest BCUT2D eigenvalue weighted by molar-refractivity contribution is -0.385. The van der Waals surface area contributed by atoms with E-state index >= 15 is 0 Å². The second-order valence-corrected chi connectivity index (χ2v) is 2.58. The molecule has 0 atom stereocenters. The predicted octanol–water partition coefficient (Wildman–Crippen LogP) is 0.894. The molecule has 0 saturated heterocycles. The van der Waals surface area contributed by atoms with E-state index in [0.29, 0.717) is 5.56 Å². The van der Waals surface area contributed by atoms with Gasteiger partial charge < -0.3 is 10.5 Å². The van der Waals surface area contributed by atoms with Gasteiger partial charge in [-0.15, -0.1) is 0 Å². The topological polar surface area (TPSA) is 101 Å². The standard InChI is InChI=1S/C7H9N3O3/c1-4-2-5(9-8)7(11)6(3-4)10(12)13/h2-3,9,11H,8H2,1H3. The van der Waals surface area contributed by atoms with Crippen LogP contribution in [0.1, 0.15) is 5.56 Å². The Kier molecular flexibility index (Phi) is 2.34. The zero-order valence-corrected chi connectivity index (χ0v) is 6.94. The van der Waals surface area contributed by atoms with Crippen LogP contribution in [0.4, 0.5) is 11.4 Å². The molecule has 13 heavy (non-hydrogen) atoms. The Balaban J connectivity index is 3.35. The van der Waals surface area contributed by atoms with Gasteiger partial charge in [-0.25, -0.2) is 0 Å². The lowest BCUT2D eigenvalue weighted by Gasteiger charge is -2.04. The van der Waals surface area contributed by atoms with Crippen LogP contribution in [-0.2, 0) is 0 Å². The number of nitro benzene ring substituents is 1. The van der Waals surface area contributed by atoms with E-state index in [9.17, 15) is 15.2 Å². The number of aromatic hydroxyl groups is 1. The van der Waals surface area contributed by atoms with E-state index in [4.69, 9.17) is 5.84 Å². The van der Waals surface area contributed by atoms with Gasteiger partial charge in [-0.2, -0.15) is 0 Å². The van der Waals surface area contributed by atoms with Crippen molar-refractivity contribution in [1.29, 1.82) is 0 Å². The fraction of sp³-hybridized carbons (Fsp3) is 0.143. The number of hydrazine groups is 1. The minimum Gasteiger partial charge on any atom is -0.501 e. The summed E-state index contributed by atoms with van der Waals surface area (Å²) in [5, 5.41) is 19.7. The lowest BCUT2D eigenvalue weighted by atomic mass is 10.2. The van der Waals surface area contributed by atoms with Crippen LogP contribution in [0.3, 0.4) is 0 Å². The molecule has 0 spiro atoms. The minimum absolute atomic E-state index is 0.145. The summed E-state index contributed by atoms with van der Waals surface area (Å²) in [6.07, 6.45) is 0. The molecule has 0 heterocycles. The van der Waals surface area contributed by atoms with E-state index in [2.05, 4.69) is 5.43 Å². The molecule has 6 nitrogen and oxygen atoms in total. The summed E-state index contributed by atoms with van der Waals surface area (Å²) >= 11 is 0. The molecule has 0 unspecified atom stereocenters. The highest BCUT2D eigenvalue weighted by Gasteiger charge is 2.17. The molecule has 1 aromatic carbocycles. The van der Waals surface area contributed by atoms with Crippen molar-refractivity contribution in [3.05, 3.63) is 27.8 Å². The number of anilines is 1. The van der Waals surface area contributed by atoms with Crippen molar-refractivity contribution < 1.29 is 10.0 Å². The van der Waals surface area contributed by atoms with E-state index in [1.807, 2.05) is 0 Å². The van der Waals surface area contributed by atoms with Gasteiger partial charge in [0.15, 0.2) is 0 Å². The fourth-order valence-electron chi connectivity index (χ4n) is 1.01. The van der Waals surface area contributed by atoms with Crippen molar-refractivity contribution >= 4 is 11.4 Å². The van der Waals surface area contributed by atoms with Crippen LogP contribution in [0, 0.1) is 17.0 Å². The lowest BCUT2D eigenvalue weighted by Crippen LogP contribution is -2.07. The number of phenolic OH excluding ortho intramolecular Hbond substituents is 1. The maximum atomic E-state index is 10.4. The Morgan fingerprint density at radius 3 is 2.69 bits per heavy atom. The van der Waals surface area contributed by atoms with Crippen molar-refractivity contribution in [2.45, 2.75) is 6.92 Å². The quantitative estimate of drug-likeness (QED) is 0.273. The highest BCUT2D eigenvalue weighted by molar-refractivity contribution is 5.66. The van der Waals surface area contributed by atoms with E-state index in [0.717, 1.165) is 0 Å². The molecular weight excluding hydrogens is 174 g/mol. The number of nitrogen functional groups attached to an aromatic ring is 1. The fourth-order valence-corrected chi connectivity index (χ4v) is 1.01. The van der Waals surface area contributed by atoms with Gasteiger partial charge in [0.1, 0.15) is 0 Å². The van der Waals surface area contributed by atoms with Crippen molar-refractivity contribution in [3.8, 4) is 5.75 Å². The molecule has 1 rings (SSSR count). The second-order valence-electron chi connectivity index (χ2n) is 2.58. The first kappa shape index (κ1) is 9.27. The molecule has 1 aromatic rings. The summed E-state index contributed by atoms with van der Waals surface area (Å²) in [5.41, 5.74) is 2.62. The molecule has 0 amide bonds. The molecule has 0 bridgehead atoms. The number of phenols is 1. The Hall–Kier alpha value is -1.82. The number of aryl methyl sites for hydroxylation is 1. The van der Waals surface area contributed by atoms with Crippen LogP contribution >= 0.6 is 0 Å². The number of hydrogen-bond donors (Lipinski definition) is 3. The van der Waals surface area contributed by atoms with Crippen LogP contribution < -0.4 is 11.3 Å². The number of nitro groups is 1. The summed E-state index contributed by atoms with van der Waals surface area (Å²) in [7, 11) is 0. The van der Waals surface area contributed by atoms with E-state index in [-0.39, 0.29) is 11.4 Å². The van der Waals surface area contributed by atoms with Crippen LogP contribution in [0.5, 0.6) is 5.75 Å². The van der Waals surface area contributed by atoms with Gasteiger partial charge in [0.25, 0.3) is 0 Å². The zero-order chi connectivity index (χ0) is 10.0. The van der Waals surface area contributed by atoms with Crippen LogP contribution in [0.2, 0.25) is 0 Å². The van der Waals surface area contributed by atoms with E-state index < -0.39 is 10.7 Å². The number of nitrogens with two attached hydrogens (primary N) is 1. The summed E-state index contributed by atoms with van der Waals surface area (Å²) < 4.78 is 0. The smallest absolute Gasteiger partial charge is 0.313 e. The minimum atomic E-state index is -0.664. The third-order valence-electron chi connectivity index (χ3n) is 1.59. The largest absolute Gasteiger partial charge is 0.501 e. The molecule has 0 radical (unpaired) electrons. The van der Waals surface area contributed by atoms with Crippen LogP contribution in [-0.4, -0.2) is 10.0 Å². The van der Waals surface area contributed by atoms with Gasteiger partial charge in [-0.05, 0) is 18.6 Å². The Morgan fingerprint density at radius 1 is 1.62 bits per heavy atom. The number of nitrogens with one attached hydrogen (secondary N) is 1. The molecule has 0 saturated carbocycles. The maximum absolute atomic E-state index is 10.4. The van der Waals surface area contributed by atoms with Gasteiger partial charge in [-0.1, -0.05) is 0 Å². The molecule has 0 aliphatic carbocycles. The van der Waals surface area contributed by atoms with Crippen molar-refractivity contribution in [2.24, 2.45) is 5.84 Å². The molecule has 70 valence electrons. The van der Waals surface area contributed by atoms with Gasteiger partial charge in [-0.3, -0.25) is 16.0 Å². The average molecular weight is 183 g/mol. The monoisotopic (exact) mass is 183 g/mol. The van der Waals surface area contributed by atoms with E-state index in [1.54, 1.807) is 6.92 Å². The maximum Gasteiger partial charge on any atom is 0.313 e. The molecule has 4 N–H and O–H groups in total. The van der Waals surface area contributed by atoms with Crippen LogP contribution in [0.25, 0.3) is 0 Å². The van der Waals surface area contributed by atoms with Gasteiger partial charge in [0.05, 0.1) is 10.6 Å². The predicted molar refractivity (Wildman–Crippen MR) is 47.3 cm³/mol. The number of benzene rings is 1. The molecule has 0 fully saturated rings. The molecule has 0 aromatic heterocycles. The molecule has 0 aliphatic heterocycles. The summed E-state index contributed by atoms with van der Waals surface area (Å²) in [6, 6.07) is 2.79. The summed E-state index contributed by atoms with van der Waals surface area (Å²) in [5.74, 6) is 4.61. The second kappa shape index (κ2) is 3.28. The number of nitrogens with zero attached hydrogens (tertiary/aromatic N) is 1. The average Bonchev–Trinajstić information content (AvgIpc) is 2.08. The van der Waals surface area contributed by atoms with Crippen molar-refractivity contribution in [3.63, 3.8) is 0 Å². The highest BCUT2D eigenvalue weighted by atomic mass is 16.6. The number of hydrogen-bond acceptors (Lipinski definition) is 5. The first-order valence-electron chi connectivity index (χ1n) is 3.51. The highest BCUT2D eigenvalue weighted by Crippen LogP contribution is 2.34. The third kappa shape index (κ3) is 1.67. The molecule has 6 heteroatoms. The summed E-state index contributed by atoms with van der Waals surface area (Å²) in [4.78, 5) is 9.76. The van der Waals surface area contributed by atoms with Gasteiger partial charge in [0, 0.05) is 6.07 Å². The first-order valence-corrected chi connectivity index (χ1v) is 3.51. The Labute approximate surface area is 74.1 Å². The third-order valence-corrected chi connectivity index (χ3v) is 1.59. The zero-order valence-electron chi connectivity index (χ0n) is 6.94. The number of rotatable bonds is 2. The van der Waals surface area contributed by atoms with Gasteiger partial charge >= 0.3 is 5.69 Å². The Morgan fingerprint density at radius 2 is 2.23 bits per heavy atom. The van der Waals surface area contributed by atoms with Crippen molar-refractivity contribution in [2.75, 3.05) is 5.43 Å². The van der Waals surface area contributed by atoms with E-state index in [1.165, 1.54) is 12.1 Å². The van der Waals surface area contributed by atoms with Crippen LogP contribution in [0.15, 0.2) is 12.1 Å². The van der Waals surface area contributed by atoms with Crippen molar-refractivity contribution in [1.82, 2.24) is 0 Å². The van der Waals surface area contributed by atoms with Gasteiger partial charge in [0.2, 0.25) is 5.75 Å². The summed E-state index contributed by atoms with van der Waals surface area (Å²) in [6.45, 7) is 1.67. The Bertz CT molecular complexity index is 351. The first-order chi connectivity index (χ1) is 6.06. The molecule has 0 aliphatic rings. The SMILES string of the molecule is Cc1cc(NN)c(O)c([N+](=O)[O-])c1.